The largest absolute Gasteiger partial charge is 0.459 e. The summed E-state index contributed by atoms with van der Waals surface area (Å²) in [5.41, 5.74) is 3.15. The van der Waals surface area contributed by atoms with Crippen molar-refractivity contribution in [3.63, 3.8) is 0 Å². The second-order valence-electron chi connectivity index (χ2n) is 7.01. The lowest BCUT2D eigenvalue weighted by Crippen LogP contribution is -2.11. The summed E-state index contributed by atoms with van der Waals surface area (Å²) in [5.74, 6) is 0.493. The average Bonchev–Trinajstić information content (AvgIpc) is 3.05. The van der Waals surface area contributed by atoms with Crippen LogP contribution in [0.1, 0.15) is 53.1 Å². The van der Waals surface area contributed by atoms with Crippen molar-refractivity contribution in [2.24, 2.45) is 0 Å². The SMILES string of the molecule is CC(C)OC(=O)c1cccc(CSc2ncnc3sc4c(c23)CCCC4)c1. The van der Waals surface area contributed by atoms with Crippen LogP contribution in [0.5, 0.6) is 0 Å². The number of benzene rings is 1. The van der Waals surface area contributed by atoms with E-state index in [1.165, 1.54) is 35.1 Å². The van der Waals surface area contributed by atoms with E-state index in [2.05, 4.69) is 9.97 Å². The van der Waals surface area contributed by atoms with E-state index in [0.717, 1.165) is 27.6 Å². The van der Waals surface area contributed by atoms with Gasteiger partial charge in [-0.25, -0.2) is 14.8 Å². The Labute approximate surface area is 167 Å². The van der Waals surface area contributed by atoms with Crippen molar-refractivity contribution < 1.29 is 9.53 Å². The molecular formula is C21H22N2O2S2. The molecule has 0 spiro atoms. The first-order valence-electron chi connectivity index (χ1n) is 9.30. The molecule has 0 aliphatic heterocycles. The van der Waals surface area contributed by atoms with Crippen molar-refractivity contribution in [2.75, 3.05) is 0 Å². The van der Waals surface area contributed by atoms with Crippen LogP contribution in [-0.2, 0) is 23.3 Å². The van der Waals surface area contributed by atoms with Gasteiger partial charge in [-0.2, -0.15) is 0 Å². The Morgan fingerprint density at radius 3 is 2.96 bits per heavy atom. The van der Waals surface area contributed by atoms with Crippen LogP contribution in [0.3, 0.4) is 0 Å². The molecule has 4 nitrogen and oxygen atoms in total. The summed E-state index contributed by atoms with van der Waals surface area (Å²) in [6.45, 7) is 3.72. The molecule has 0 radical (unpaired) electrons. The lowest BCUT2D eigenvalue weighted by atomic mass is 9.97. The number of ether oxygens (including phenoxy) is 1. The van der Waals surface area contributed by atoms with Crippen LogP contribution < -0.4 is 0 Å². The number of esters is 1. The van der Waals surface area contributed by atoms with Gasteiger partial charge in [-0.15, -0.1) is 23.1 Å². The fourth-order valence-corrected chi connectivity index (χ4v) is 5.65. The van der Waals surface area contributed by atoms with Gasteiger partial charge in [-0.3, -0.25) is 0 Å². The van der Waals surface area contributed by atoms with Crippen LogP contribution in [-0.4, -0.2) is 22.0 Å². The minimum absolute atomic E-state index is 0.116. The zero-order chi connectivity index (χ0) is 18.8. The van der Waals surface area contributed by atoms with E-state index >= 15 is 0 Å². The predicted octanol–water partition coefficient (Wildman–Crippen LogP) is 5.43. The van der Waals surface area contributed by atoms with Crippen molar-refractivity contribution >= 4 is 39.3 Å². The van der Waals surface area contributed by atoms with Gasteiger partial charge in [0.15, 0.2) is 0 Å². The molecule has 0 amide bonds. The Morgan fingerprint density at radius 1 is 1.26 bits per heavy atom. The second kappa shape index (κ2) is 7.98. The summed E-state index contributed by atoms with van der Waals surface area (Å²) in [7, 11) is 0. The third kappa shape index (κ3) is 4.01. The van der Waals surface area contributed by atoms with E-state index in [4.69, 9.17) is 4.74 Å². The van der Waals surface area contributed by atoms with Crippen molar-refractivity contribution in [2.45, 2.75) is 56.4 Å². The number of fused-ring (bicyclic) bond motifs is 3. The van der Waals surface area contributed by atoms with E-state index in [9.17, 15) is 4.79 Å². The van der Waals surface area contributed by atoms with Crippen LogP contribution in [0.15, 0.2) is 35.6 Å². The first-order chi connectivity index (χ1) is 13.1. The molecule has 1 aliphatic rings. The molecule has 4 rings (SSSR count). The van der Waals surface area contributed by atoms with Gasteiger partial charge in [-0.1, -0.05) is 12.1 Å². The number of nitrogens with zero attached hydrogens (tertiary/aromatic N) is 2. The molecule has 6 heteroatoms. The van der Waals surface area contributed by atoms with E-state index in [1.807, 2.05) is 43.4 Å². The molecule has 0 N–H and O–H groups in total. The number of carbonyl (C=O) groups excluding carboxylic acids is 1. The monoisotopic (exact) mass is 398 g/mol. The summed E-state index contributed by atoms with van der Waals surface area (Å²) in [6, 6.07) is 7.67. The molecule has 0 atom stereocenters. The Hall–Kier alpha value is -1.92. The first-order valence-corrected chi connectivity index (χ1v) is 11.1. The summed E-state index contributed by atoms with van der Waals surface area (Å²) in [6.07, 6.45) is 6.37. The molecule has 3 aromatic rings. The van der Waals surface area contributed by atoms with Crippen LogP contribution >= 0.6 is 23.1 Å². The Balaban J connectivity index is 1.56. The van der Waals surface area contributed by atoms with E-state index in [0.29, 0.717) is 5.56 Å². The first kappa shape index (κ1) is 18.4. The number of hydrogen-bond donors (Lipinski definition) is 0. The maximum Gasteiger partial charge on any atom is 0.338 e. The fourth-order valence-electron chi connectivity index (χ4n) is 3.39. The van der Waals surface area contributed by atoms with Crippen molar-refractivity contribution in [1.82, 2.24) is 9.97 Å². The summed E-state index contributed by atoms with van der Waals surface area (Å²) in [4.78, 5) is 23.8. The summed E-state index contributed by atoms with van der Waals surface area (Å²) in [5, 5.41) is 2.30. The van der Waals surface area contributed by atoms with Gasteiger partial charge in [0.2, 0.25) is 0 Å². The van der Waals surface area contributed by atoms with Crippen LogP contribution in [0.25, 0.3) is 10.2 Å². The minimum atomic E-state index is -0.270. The van der Waals surface area contributed by atoms with E-state index in [1.54, 1.807) is 24.2 Å². The zero-order valence-corrected chi connectivity index (χ0v) is 17.2. The molecule has 1 aromatic carbocycles. The molecule has 0 bridgehead atoms. The molecule has 2 heterocycles. The Morgan fingerprint density at radius 2 is 2.11 bits per heavy atom. The average molecular weight is 399 g/mol. The quantitative estimate of drug-likeness (QED) is 0.326. The lowest BCUT2D eigenvalue weighted by Gasteiger charge is -2.11. The molecular weight excluding hydrogens is 376 g/mol. The molecule has 140 valence electrons. The highest BCUT2D eigenvalue weighted by Crippen LogP contribution is 2.39. The zero-order valence-electron chi connectivity index (χ0n) is 15.5. The van der Waals surface area contributed by atoms with Gasteiger partial charge in [0.25, 0.3) is 0 Å². The normalized spacial score (nSPS) is 13.7. The second-order valence-corrected chi connectivity index (χ2v) is 9.06. The Bertz CT molecular complexity index is 981. The van der Waals surface area contributed by atoms with Gasteiger partial charge < -0.3 is 4.74 Å². The van der Waals surface area contributed by atoms with Crippen molar-refractivity contribution in [3.8, 4) is 0 Å². The van der Waals surface area contributed by atoms with Crippen LogP contribution in [0.2, 0.25) is 0 Å². The lowest BCUT2D eigenvalue weighted by molar-refractivity contribution is 0.0378. The number of aromatic nitrogens is 2. The molecule has 0 fully saturated rings. The minimum Gasteiger partial charge on any atom is -0.459 e. The van der Waals surface area contributed by atoms with E-state index in [-0.39, 0.29) is 12.1 Å². The molecule has 2 aromatic heterocycles. The van der Waals surface area contributed by atoms with Gasteiger partial charge in [-0.05, 0) is 62.8 Å². The summed E-state index contributed by atoms with van der Waals surface area (Å²) >= 11 is 3.54. The van der Waals surface area contributed by atoms with Gasteiger partial charge >= 0.3 is 5.97 Å². The fraction of sp³-hybridized carbons (Fsp3) is 0.381. The maximum absolute atomic E-state index is 12.1. The highest BCUT2D eigenvalue weighted by Gasteiger charge is 2.20. The molecule has 0 saturated heterocycles. The number of thiophene rings is 1. The maximum atomic E-state index is 12.1. The number of carbonyl (C=O) groups is 1. The molecule has 0 saturated carbocycles. The Kier molecular flexibility index (Phi) is 5.45. The molecule has 27 heavy (non-hydrogen) atoms. The highest BCUT2D eigenvalue weighted by atomic mass is 32.2. The number of hydrogen-bond acceptors (Lipinski definition) is 6. The highest BCUT2D eigenvalue weighted by molar-refractivity contribution is 7.98. The van der Waals surface area contributed by atoms with Crippen molar-refractivity contribution in [3.05, 3.63) is 52.2 Å². The number of rotatable bonds is 5. The summed E-state index contributed by atoms with van der Waals surface area (Å²) < 4.78 is 5.30. The van der Waals surface area contributed by atoms with Gasteiger partial charge in [0.1, 0.15) is 16.2 Å². The van der Waals surface area contributed by atoms with Gasteiger partial charge in [0.05, 0.1) is 11.7 Å². The van der Waals surface area contributed by atoms with Crippen LogP contribution in [0.4, 0.5) is 0 Å². The molecule has 1 aliphatic carbocycles. The standard InChI is InChI=1S/C21H22N2O2S2/c1-13(2)25-21(24)15-7-5-6-14(10-15)11-26-19-18-16-8-3-4-9-17(16)27-20(18)23-12-22-19/h5-7,10,12-13H,3-4,8-9,11H2,1-2H3. The third-order valence-corrected chi connectivity index (χ3v) is 6.86. The predicted molar refractivity (Wildman–Crippen MR) is 111 cm³/mol. The van der Waals surface area contributed by atoms with E-state index < -0.39 is 0 Å². The van der Waals surface area contributed by atoms with Gasteiger partial charge in [0, 0.05) is 16.0 Å². The smallest absolute Gasteiger partial charge is 0.338 e. The topological polar surface area (TPSA) is 52.1 Å². The molecule has 0 unspecified atom stereocenters. The number of thioether (sulfide) groups is 1. The number of aryl methyl sites for hydroxylation is 2. The van der Waals surface area contributed by atoms with Crippen molar-refractivity contribution in [1.29, 1.82) is 0 Å². The third-order valence-electron chi connectivity index (χ3n) is 4.60. The van der Waals surface area contributed by atoms with Crippen LogP contribution in [0, 0.1) is 0 Å².